The van der Waals surface area contributed by atoms with E-state index in [0.29, 0.717) is 17.1 Å². The predicted octanol–water partition coefficient (Wildman–Crippen LogP) is 1.85. The first-order valence-corrected chi connectivity index (χ1v) is 7.70. The minimum Gasteiger partial charge on any atom is -0.324 e. The Morgan fingerprint density at radius 3 is 2.50 bits per heavy atom. The fraction of sp³-hybridized carbons (Fsp3) is 0.308. The largest absolute Gasteiger partial charge is 0.324 e. The number of rotatable bonds is 4. The summed E-state index contributed by atoms with van der Waals surface area (Å²) >= 11 is 0. The van der Waals surface area contributed by atoms with E-state index in [4.69, 9.17) is 5.73 Å². The van der Waals surface area contributed by atoms with Crippen molar-refractivity contribution < 1.29 is 8.42 Å². The molecule has 1 aromatic heterocycles. The van der Waals surface area contributed by atoms with Crippen molar-refractivity contribution in [1.29, 1.82) is 0 Å². The van der Waals surface area contributed by atoms with E-state index in [-0.39, 0.29) is 10.9 Å². The molecule has 1 atom stereocenters. The minimum atomic E-state index is -3.69. The van der Waals surface area contributed by atoms with Gasteiger partial charge in [0.15, 0.2) is 0 Å². The first-order chi connectivity index (χ1) is 9.33. The molecule has 0 bridgehead atoms. The zero-order valence-electron chi connectivity index (χ0n) is 11.6. The van der Waals surface area contributed by atoms with E-state index < -0.39 is 10.0 Å². The molecule has 6 nitrogen and oxygen atoms in total. The molecular formula is C13H18N4O2S. The average molecular weight is 294 g/mol. The van der Waals surface area contributed by atoms with Crippen LogP contribution in [-0.4, -0.2) is 18.6 Å². The summed E-state index contributed by atoms with van der Waals surface area (Å²) in [6, 6.07) is 6.82. The van der Waals surface area contributed by atoms with Gasteiger partial charge in [0.05, 0.1) is 17.1 Å². The second kappa shape index (κ2) is 5.26. The van der Waals surface area contributed by atoms with Crippen LogP contribution in [0.15, 0.2) is 29.2 Å². The lowest BCUT2D eigenvalue weighted by atomic mass is 10.1. The zero-order valence-corrected chi connectivity index (χ0v) is 12.5. The van der Waals surface area contributed by atoms with Crippen LogP contribution in [0.1, 0.15) is 29.9 Å². The molecule has 108 valence electrons. The highest BCUT2D eigenvalue weighted by molar-refractivity contribution is 7.92. The number of nitrogens with zero attached hydrogens (tertiary/aromatic N) is 1. The molecule has 0 aliphatic rings. The maximum absolute atomic E-state index is 12.5. The topological polar surface area (TPSA) is 101 Å². The predicted molar refractivity (Wildman–Crippen MR) is 77.9 cm³/mol. The number of H-pyrrole nitrogens is 1. The number of nitrogens with two attached hydrogens (primary N) is 1. The van der Waals surface area contributed by atoms with E-state index in [9.17, 15) is 8.42 Å². The molecule has 2 aromatic rings. The Bertz CT molecular complexity index is 700. The van der Waals surface area contributed by atoms with Gasteiger partial charge in [-0.15, -0.1) is 0 Å². The molecule has 0 unspecified atom stereocenters. The summed E-state index contributed by atoms with van der Waals surface area (Å²) in [7, 11) is -3.69. The van der Waals surface area contributed by atoms with Gasteiger partial charge >= 0.3 is 0 Å². The number of benzene rings is 1. The van der Waals surface area contributed by atoms with Crippen molar-refractivity contribution >= 4 is 15.7 Å². The third kappa shape index (κ3) is 2.68. The molecular weight excluding hydrogens is 276 g/mol. The third-order valence-corrected chi connectivity index (χ3v) is 4.65. The minimum absolute atomic E-state index is 0.178. The van der Waals surface area contributed by atoms with Crippen molar-refractivity contribution in [2.45, 2.75) is 31.7 Å². The Kier molecular flexibility index (Phi) is 3.82. The van der Waals surface area contributed by atoms with Crippen LogP contribution in [0.2, 0.25) is 0 Å². The molecule has 20 heavy (non-hydrogen) atoms. The van der Waals surface area contributed by atoms with Crippen molar-refractivity contribution in [2.75, 3.05) is 4.72 Å². The summed E-state index contributed by atoms with van der Waals surface area (Å²) in [5.74, 6) is 0. The zero-order chi connectivity index (χ0) is 14.9. The number of hydrogen-bond donors (Lipinski definition) is 3. The van der Waals surface area contributed by atoms with E-state index >= 15 is 0 Å². The van der Waals surface area contributed by atoms with E-state index in [1.54, 1.807) is 32.0 Å². The number of anilines is 1. The number of aromatic amines is 1. The number of sulfonamides is 1. The van der Waals surface area contributed by atoms with Crippen molar-refractivity contribution in [3.63, 3.8) is 0 Å². The van der Waals surface area contributed by atoms with Crippen molar-refractivity contribution in [3.05, 3.63) is 41.2 Å². The maximum atomic E-state index is 12.5. The second-order valence-corrected chi connectivity index (χ2v) is 6.36. The molecule has 1 aromatic carbocycles. The monoisotopic (exact) mass is 294 g/mol. The first-order valence-electron chi connectivity index (χ1n) is 6.22. The van der Waals surface area contributed by atoms with Crippen LogP contribution in [0.25, 0.3) is 0 Å². The van der Waals surface area contributed by atoms with E-state index in [1.807, 2.05) is 13.0 Å². The highest BCUT2D eigenvalue weighted by Crippen LogP contribution is 2.25. The van der Waals surface area contributed by atoms with Gasteiger partial charge in [0, 0.05) is 6.04 Å². The standard InChI is InChI=1S/C13H18N4O2S/c1-8(14)11-6-4-5-7-12(11)17-20(18,19)13-9(2)15-16-10(13)3/h4-8,17H,14H2,1-3H3,(H,15,16)/t8-/m0/s1. The molecule has 4 N–H and O–H groups in total. The van der Waals surface area contributed by atoms with Gasteiger partial charge in [-0.05, 0) is 32.4 Å². The lowest BCUT2D eigenvalue weighted by Gasteiger charge is -2.14. The van der Waals surface area contributed by atoms with Crippen LogP contribution < -0.4 is 10.5 Å². The van der Waals surface area contributed by atoms with Crippen LogP contribution in [0.4, 0.5) is 5.69 Å². The lowest BCUT2D eigenvalue weighted by molar-refractivity contribution is 0.600. The molecule has 7 heteroatoms. The second-order valence-electron chi connectivity index (χ2n) is 4.74. The Balaban J connectivity index is 2.45. The van der Waals surface area contributed by atoms with Gasteiger partial charge in [0.1, 0.15) is 4.90 Å². The molecule has 0 saturated carbocycles. The first kappa shape index (κ1) is 14.5. The molecule has 1 heterocycles. The molecule has 0 aliphatic carbocycles. The fourth-order valence-electron chi connectivity index (χ4n) is 2.12. The number of hydrogen-bond acceptors (Lipinski definition) is 4. The molecule has 0 saturated heterocycles. The van der Waals surface area contributed by atoms with Gasteiger partial charge < -0.3 is 5.73 Å². The Hall–Kier alpha value is -1.86. The summed E-state index contributed by atoms with van der Waals surface area (Å²) in [4.78, 5) is 0.178. The van der Waals surface area contributed by atoms with E-state index in [1.165, 1.54) is 0 Å². The molecule has 0 fully saturated rings. The van der Waals surface area contributed by atoms with E-state index in [2.05, 4.69) is 14.9 Å². The van der Waals surface area contributed by atoms with Crippen molar-refractivity contribution in [3.8, 4) is 0 Å². The Morgan fingerprint density at radius 1 is 1.30 bits per heavy atom. The lowest BCUT2D eigenvalue weighted by Crippen LogP contribution is -2.17. The van der Waals surface area contributed by atoms with Crippen LogP contribution in [-0.2, 0) is 10.0 Å². The normalized spacial score (nSPS) is 13.2. The summed E-state index contributed by atoms with van der Waals surface area (Å²) in [6.07, 6.45) is 0. The van der Waals surface area contributed by atoms with Crippen molar-refractivity contribution in [1.82, 2.24) is 10.2 Å². The van der Waals surface area contributed by atoms with Gasteiger partial charge in [0.2, 0.25) is 0 Å². The highest BCUT2D eigenvalue weighted by atomic mass is 32.2. The number of aryl methyl sites for hydroxylation is 2. The fourth-order valence-corrected chi connectivity index (χ4v) is 3.58. The van der Waals surface area contributed by atoms with Gasteiger partial charge in [-0.3, -0.25) is 9.82 Å². The summed E-state index contributed by atoms with van der Waals surface area (Å²) in [6.45, 7) is 5.13. The third-order valence-electron chi connectivity index (χ3n) is 3.02. The summed E-state index contributed by atoms with van der Waals surface area (Å²) in [5.41, 5.74) is 8.04. The highest BCUT2D eigenvalue weighted by Gasteiger charge is 2.23. The molecule has 0 amide bonds. The number of nitrogens with one attached hydrogen (secondary N) is 2. The molecule has 2 rings (SSSR count). The van der Waals surface area contributed by atoms with Gasteiger partial charge in [-0.2, -0.15) is 5.10 Å². The van der Waals surface area contributed by atoms with Crippen LogP contribution >= 0.6 is 0 Å². The van der Waals surface area contributed by atoms with Gasteiger partial charge in [-0.1, -0.05) is 18.2 Å². The summed E-state index contributed by atoms with van der Waals surface area (Å²) < 4.78 is 27.5. The number of aromatic nitrogens is 2. The van der Waals surface area contributed by atoms with Gasteiger partial charge in [-0.25, -0.2) is 8.42 Å². The molecule has 0 spiro atoms. The van der Waals surface area contributed by atoms with Crippen LogP contribution in [0, 0.1) is 13.8 Å². The Labute approximate surface area is 118 Å². The Morgan fingerprint density at radius 2 is 1.95 bits per heavy atom. The van der Waals surface area contributed by atoms with Crippen molar-refractivity contribution in [2.24, 2.45) is 5.73 Å². The van der Waals surface area contributed by atoms with E-state index in [0.717, 1.165) is 5.56 Å². The summed E-state index contributed by atoms with van der Waals surface area (Å²) in [5, 5.41) is 6.59. The average Bonchev–Trinajstić information content (AvgIpc) is 2.69. The molecule has 0 radical (unpaired) electrons. The quantitative estimate of drug-likeness (QED) is 0.801. The number of para-hydroxylation sites is 1. The smallest absolute Gasteiger partial charge is 0.265 e. The maximum Gasteiger partial charge on any atom is 0.265 e. The van der Waals surface area contributed by atoms with Crippen LogP contribution in [0.3, 0.4) is 0 Å². The van der Waals surface area contributed by atoms with Crippen LogP contribution in [0.5, 0.6) is 0 Å². The van der Waals surface area contributed by atoms with Gasteiger partial charge in [0.25, 0.3) is 10.0 Å². The SMILES string of the molecule is Cc1n[nH]c(C)c1S(=O)(=O)Nc1ccccc1[C@H](C)N. The molecule has 0 aliphatic heterocycles.